The van der Waals surface area contributed by atoms with Crippen molar-refractivity contribution in [2.45, 2.75) is 19.6 Å². The van der Waals surface area contributed by atoms with Gasteiger partial charge in [0.15, 0.2) is 0 Å². The molecule has 0 aliphatic carbocycles. The molecule has 0 aliphatic rings. The monoisotopic (exact) mass is 293 g/mol. The molecule has 0 atom stereocenters. The van der Waals surface area contributed by atoms with Gasteiger partial charge in [-0.3, -0.25) is 4.99 Å². The molecule has 3 nitrogen and oxygen atoms in total. The molecule has 0 radical (unpaired) electrons. The van der Waals surface area contributed by atoms with Crippen LogP contribution in [0.3, 0.4) is 0 Å². The number of thioether (sulfide) groups is 1. The summed E-state index contributed by atoms with van der Waals surface area (Å²) in [5.74, 6) is -0.0372. The summed E-state index contributed by atoms with van der Waals surface area (Å²) < 4.78 is 5.39. The fourth-order valence-electron chi connectivity index (χ4n) is 1.79. The maximum atomic E-state index is 10.0. The lowest BCUT2D eigenvalue weighted by Gasteiger charge is -2.12. The smallest absolute Gasteiger partial charge is 0.293 e. The third-order valence-corrected chi connectivity index (χ3v) is 4.51. The van der Waals surface area contributed by atoms with Crippen molar-refractivity contribution in [3.63, 3.8) is 0 Å². The summed E-state index contributed by atoms with van der Waals surface area (Å²) >= 11 is 1.55. The topological polar surface area (TPSA) is 45.7 Å². The van der Waals surface area contributed by atoms with E-state index in [0.717, 1.165) is 22.2 Å². The van der Waals surface area contributed by atoms with Gasteiger partial charge in [0.25, 0.3) is 5.95 Å². The van der Waals surface area contributed by atoms with Gasteiger partial charge in [-0.15, -0.1) is 11.8 Å². The molecule has 1 heterocycles. The number of para-hydroxylation sites is 1. The Morgan fingerprint density at radius 3 is 2.63 bits per heavy atom. The van der Waals surface area contributed by atoms with Gasteiger partial charge in [-0.25, -0.2) is 0 Å². The summed E-state index contributed by atoms with van der Waals surface area (Å²) in [7, 11) is -1.25. The lowest BCUT2D eigenvalue weighted by atomic mass is 10.2. The van der Waals surface area contributed by atoms with Gasteiger partial charge in [0.2, 0.25) is 0 Å². The number of furan rings is 1. The second-order valence-corrected chi connectivity index (χ2v) is 11.9. The van der Waals surface area contributed by atoms with Crippen molar-refractivity contribution >= 4 is 35.8 Å². The van der Waals surface area contributed by atoms with Crippen molar-refractivity contribution in [3.8, 4) is 5.95 Å². The van der Waals surface area contributed by atoms with E-state index in [9.17, 15) is 5.11 Å². The number of hydrogen-bond acceptors (Lipinski definition) is 4. The molecule has 0 bridgehead atoms. The van der Waals surface area contributed by atoms with E-state index in [1.54, 1.807) is 11.8 Å². The number of nitrogens with zero attached hydrogens (tertiary/aromatic N) is 1. The lowest BCUT2D eigenvalue weighted by Crippen LogP contribution is -2.25. The Morgan fingerprint density at radius 2 is 2.00 bits per heavy atom. The Kier molecular flexibility index (Phi) is 4.06. The lowest BCUT2D eigenvalue weighted by molar-refractivity contribution is 0.345. The van der Waals surface area contributed by atoms with Crippen molar-refractivity contribution < 1.29 is 9.52 Å². The van der Waals surface area contributed by atoms with Crippen LogP contribution in [-0.2, 0) is 0 Å². The highest BCUT2D eigenvalue weighted by atomic mass is 32.2. The molecule has 0 amide bonds. The van der Waals surface area contributed by atoms with Crippen LogP contribution in [0.1, 0.15) is 5.56 Å². The molecule has 1 aromatic carbocycles. The van der Waals surface area contributed by atoms with Crippen molar-refractivity contribution in [1.29, 1.82) is 0 Å². The van der Waals surface area contributed by atoms with Crippen molar-refractivity contribution in [3.05, 3.63) is 29.8 Å². The first kappa shape index (κ1) is 14.2. The van der Waals surface area contributed by atoms with Crippen LogP contribution in [-0.4, -0.2) is 30.6 Å². The number of aliphatic imine (C=N–C) groups is 1. The second-order valence-electron chi connectivity index (χ2n) is 5.66. The Balaban J connectivity index is 2.49. The third kappa shape index (κ3) is 3.22. The van der Waals surface area contributed by atoms with Gasteiger partial charge in [0.05, 0.1) is 13.6 Å². The van der Waals surface area contributed by atoms with E-state index in [0.29, 0.717) is 5.58 Å². The Bertz CT molecular complexity index is 613. The summed E-state index contributed by atoms with van der Waals surface area (Å²) in [4.78, 5) is 4.69. The van der Waals surface area contributed by atoms with Crippen molar-refractivity contribution in [2.75, 3.05) is 12.4 Å². The number of fused-ring (bicyclic) bond motifs is 1. The fourth-order valence-corrected chi connectivity index (χ4v) is 3.14. The van der Waals surface area contributed by atoms with Gasteiger partial charge in [0.1, 0.15) is 10.6 Å². The fraction of sp³-hybridized carbons (Fsp3) is 0.357. The minimum absolute atomic E-state index is 0.0372. The highest BCUT2D eigenvalue weighted by Gasteiger charge is 2.19. The molecule has 0 unspecified atom stereocenters. The number of aromatic hydroxyl groups is 1. The van der Waals surface area contributed by atoms with Crippen LogP contribution >= 0.6 is 11.8 Å². The highest BCUT2D eigenvalue weighted by molar-refractivity contribution is 8.13. The van der Waals surface area contributed by atoms with Crippen LogP contribution in [0.2, 0.25) is 19.6 Å². The summed E-state index contributed by atoms with van der Waals surface area (Å²) in [6.45, 7) is 6.84. The largest absolute Gasteiger partial charge is 0.480 e. The molecule has 19 heavy (non-hydrogen) atoms. The minimum Gasteiger partial charge on any atom is -0.480 e. The summed E-state index contributed by atoms with van der Waals surface area (Å²) in [5.41, 5.74) is 1.42. The molecule has 1 aromatic heterocycles. The van der Waals surface area contributed by atoms with Gasteiger partial charge < -0.3 is 9.52 Å². The van der Waals surface area contributed by atoms with E-state index >= 15 is 0 Å². The molecule has 0 saturated heterocycles. The quantitative estimate of drug-likeness (QED) is 0.526. The van der Waals surface area contributed by atoms with Crippen LogP contribution in [0.4, 0.5) is 0 Å². The van der Waals surface area contributed by atoms with E-state index in [-0.39, 0.29) is 5.95 Å². The molecule has 0 spiro atoms. The molecular formula is C14H19NO2SSi. The Hall–Kier alpha value is -1.20. The van der Waals surface area contributed by atoms with Crippen LogP contribution in [0, 0.1) is 0 Å². The summed E-state index contributed by atoms with van der Waals surface area (Å²) in [5, 5.41) is 11.8. The number of benzene rings is 1. The first-order chi connectivity index (χ1) is 8.92. The minimum atomic E-state index is -1.25. The molecule has 0 saturated carbocycles. The molecule has 2 rings (SSSR count). The zero-order valence-corrected chi connectivity index (χ0v) is 13.5. The standard InChI is InChI=1S/C14H19NO2SSi/c1-18-13(15-9-19(2,3)4)12-10-7-5-6-8-11(10)17-14(12)16/h5-8,16H,9H2,1-4H3/b15-13-. The van der Waals surface area contributed by atoms with Crippen molar-refractivity contribution in [1.82, 2.24) is 0 Å². The van der Waals surface area contributed by atoms with Crippen LogP contribution in [0.5, 0.6) is 5.95 Å². The van der Waals surface area contributed by atoms with Gasteiger partial charge in [-0.05, 0) is 12.3 Å². The molecular weight excluding hydrogens is 274 g/mol. The molecule has 0 aliphatic heterocycles. The van der Waals surface area contributed by atoms with Gasteiger partial charge >= 0.3 is 0 Å². The zero-order valence-electron chi connectivity index (χ0n) is 11.7. The SMILES string of the molecule is CS/C(=N\C[Si](C)(C)C)c1c(O)oc2ccccc12. The maximum Gasteiger partial charge on any atom is 0.293 e. The second kappa shape index (κ2) is 5.42. The van der Waals surface area contributed by atoms with Crippen LogP contribution < -0.4 is 0 Å². The number of rotatable bonds is 3. The zero-order chi connectivity index (χ0) is 14.0. The molecule has 5 heteroatoms. The number of hydrogen-bond donors (Lipinski definition) is 1. The first-order valence-electron chi connectivity index (χ1n) is 6.21. The average molecular weight is 293 g/mol. The Morgan fingerprint density at radius 1 is 1.32 bits per heavy atom. The normalized spacial score (nSPS) is 13.2. The van der Waals surface area contributed by atoms with Crippen LogP contribution in [0.25, 0.3) is 11.0 Å². The third-order valence-electron chi connectivity index (χ3n) is 2.68. The molecule has 102 valence electrons. The van der Waals surface area contributed by atoms with E-state index in [2.05, 4.69) is 24.6 Å². The highest BCUT2D eigenvalue weighted by Crippen LogP contribution is 2.33. The summed E-state index contributed by atoms with van der Waals surface area (Å²) in [6.07, 6.45) is 2.83. The molecule has 2 aromatic rings. The van der Waals surface area contributed by atoms with Gasteiger partial charge in [0, 0.05) is 11.6 Å². The van der Waals surface area contributed by atoms with Crippen LogP contribution in [0.15, 0.2) is 33.7 Å². The van der Waals surface area contributed by atoms with Crippen molar-refractivity contribution in [2.24, 2.45) is 4.99 Å². The average Bonchev–Trinajstić information content (AvgIpc) is 2.66. The predicted molar refractivity (Wildman–Crippen MR) is 86.1 cm³/mol. The Labute approximate surface area is 118 Å². The van der Waals surface area contributed by atoms with Gasteiger partial charge in [-0.2, -0.15) is 0 Å². The van der Waals surface area contributed by atoms with E-state index < -0.39 is 8.07 Å². The van der Waals surface area contributed by atoms with Gasteiger partial charge in [-0.1, -0.05) is 37.8 Å². The molecule has 0 fully saturated rings. The summed E-state index contributed by atoms with van der Waals surface area (Å²) in [6, 6.07) is 7.65. The molecule has 1 N–H and O–H groups in total. The maximum absolute atomic E-state index is 10.0. The van der Waals surface area contributed by atoms with E-state index in [4.69, 9.17) is 4.42 Å². The predicted octanol–water partition coefficient (Wildman–Crippen LogP) is 4.13. The van der Waals surface area contributed by atoms with E-state index in [1.165, 1.54) is 0 Å². The van der Waals surface area contributed by atoms with E-state index in [1.807, 2.05) is 30.5 Å². The first-order valence-corrected chi connectivity index (χ1v) is 11.1.